The Labute approximate surface area is 166 Å². The minimum Gasteiger partial charge on any atom is -0.369 e. The standard InChI is InChI=1S/C19H20ClN5OS/c20-13-3-1-12(2-4-13)16-9-15-18(27-16)19(23-11-22-15)24-14-5-7-25(8-6-14)10-17(21)26/h1-4,9,11,14H,5-8,10H2,(H2,21,26)(H,22,23,24). The third kappa shape index (κ3) is 4.21. The number of rotatable bonds is 5. The molecule has 8 heteroatoms. The molecule has 3 N–H and O–H groups in total. The summed E-state index contributed by atoms with van der Waals surface area (Å²) in [5, 5.41) is 4.29. The maximum atomic E-state index is 11.1. The lowest BCUT2D eigenvalue weighted by Crippen LogP contribution is -2.43. The van der Waals surface area contributed by atoms with Crippen molar-refractivity contribution in [3.63, 3.8) is 0 Å². The van der Waals surface area contributed by atoms with E-state index in [2.05, 4.69) is 26.3 Å². The van der Waals surface area contributed by atoms with Crippen molar-refractivity contribution in [3.05, 3.63) is 41.7 Å². The molecular formula is C19H20ClN5OS. The van der Waals surface area contributed by atoms with Crippen LogP contribution in [0.1, 0.15) is 12.8 Å². The molecule has 0 bridgehead atoms. The van der Waals surface area contributed by atoms with Crippen molar-refractivity contribution in [1.82, 2.24) is 14.9 Å². The molecule has 140 valence electrons. The van der Waals surface area contributed by atoms with Gasteiger partial charge >= 0.3 is 0 Å². The zero-order valence-corrected chi connectivity index (χ0v) is 16.3. The summed E-state index contributed by atoms with van der Waals surface area (Å²) in [5.41, 5.74) is 7.34. The number of primary amides is 1. The molecule has 4 rings (SSSR count). The van der Waals surface area contributed by atoms with Crippen molar-refractivity contribution in [2.75, 3.05) is 25.0 Å². The van der Waals surface area contributed by atoms with Crippen LogP contribution < -0.4 is 11.1 Å². The molecule has 3 heterocycles. The number of amides is 1. The highest BCUT2D eigenvalue weighted by Crippen LogP contribution is 2.36. The van der Waals surface area contributed by atoms with Crippen molar-refractivity contribution in [2.24, 2.45) is 5.73 Å². The molecule has 1 amide bonds. The summed E-state index contributed by atoms with van der Waals surface area (Å²) in [6.45, 7) is 2.05. The number of fused-ring (bicyclic) bond motifs is 1. The van der Waals surface area contributed by atoms with Crippen LogP contribution in [0.2, 0.25) is 5.02 Å². The lowest BCUT2D eigenvalue weighted by Gasteiger charge is -2.31. The Balaban J connectivity index is 1.51. The van der Waals surface area contributed by atoms with Gasteiger partial charge in [0.2, 0.25) is 5.91 Å². The normalized spacial score (nSPS) is 15.9. The fourth-order valence-electron chi connectivity index (χ4n) is 3.36. The molecular weight excluding hydrogens is 382 g/mol. The number of carbonyl (C=O) groups excluding carboxylic acids is 1. The van der Waals surface area contributed by atoms with Gasteiger partial charge < -0.3 is 11.1 Å². The first-order valence-corrected chi connectivity index (χ1v) is 10.1. The van der Waals surface area contributed by atoms with Crippen LogP contribution in [0.4, 0.5) is 5.82 Å². The summed E-state index contributed by atoms with van der Waals surface area (Å²) in [4.78, 5) is 23.2. The molecule has 27 heavy (non-hydrogen) atoms. The van der Waals surface area contributed by atoms with E-state index in [0.29, 0.717) is 12.6 Å². The molecule has 6 nitrogen and oxygen atoms in total. The molecule has 1 aliphatic rings. The van der Waals surface area contributed by atoms with E-state index in [9.17, 15) is 4.79 Å². The molecule has 0 radical (unpaired) electrons. The second-order valence-corrected chi connectivity index (χ2v) is 8.20. The Morgan fingerprint density at radius 1 is 1.26 bits per heavy atom. The van der Waals surface area contributed by atoms with Gasteiger partial charge in [-0.15, -0.1) is 11.3 Å². The van der Waals surface area contributed by atoms with E-state index in [0.717, 1.165) is 57.4 Å². The number of halogens is 1. The highest BCUT2D eigenvalue weighted by Gasteiger charge is 2.21. The number of hydrogen-bond donors (Lipinski definition) is 2. The Bertz CT molecular complexity index is 950. The average Bonchev–Trinajstić information content (AvgIpc) is 3.09. The van der Waals surface area contributed by atoms with Gasteiger partial charge in [-0.05, 0) is 36.6 Å². The number of likely N-dealkylation sites (tertiary alicyclic amines) is 1. The van der Waals surface area contributed by atoms with Gasteiger partial charge in [-0.1, -0.05) is 23.7 Å². The van der Waals surface area contributed by atoms with Crippen molar-refractivity contribution < 1.29 is 4.79 Å². The number of benzene rings is 1. The van der Waals surface area contributed by atoms with E-state index in [1.54, 1.807) is 17.7 Å². The molecule has 1 aromatic carbocycles. The number of nitrogens with two attached hydrogens (primary N) is 1. The highest BCUT2D eigenvalue weighted by molar-refractivity contribution is 7.22. The molecule has 1 aliphatic heterocycles. The minimum absolute atomic E-state index is 0.271. The van der Waals surface area contributed by atoms with Crippen LogP contribution in [0.3, 0.4) is 0 Å². The smallest absolute Gasteiger partial charge is 0.231 e. The van der Waals surface area contributed by atoms with Gasteiger partial charge in [0.1, 0.15) is 12.1 Å². The van der Waals surface area contributed by atoms with Crippen LogP contribution in [0.25, 0.3) is 20.7 Å². The highest BCUT2D eigenvalue weighted by atomic mass is 35.5. The predicted octanol–water partition coefficient (Wildman–Crippen LogP) is 3.37. The van der Waals surface area contributed by atoms with Crippen LogP contribution >= 0.6 is 22.9 Å². The van der Waals surface area contributed by atoms with E-state index in [-0.39, 0.29) is 5.91 Å². The van der Waals surface area contributed by atoms with Crippen LogP contribution in [-0.2, 0) is 4.79 Å². The van der Waals surface area contributed by atoms with Crippen molar-refractivity contribution >= 4 is 44.9 Å². The third-order valence-electron chi connectivity index (χ3n) is 4.75. The van der Waals surface area contributed by atoms with E-state index in [4.69, 9.17) is 17.3 Å². The molecule has 3 aromatic rings. The van der Waals surface area contributed by atoms with Crippen LogP contribution in [0.15, 0.2) is 36.7 Å². The number of carbonyl (C=O) groups is 1. The summed E-state index contributed by atoms with van der Waals surface area (Å²) in [7, 11) is 0. The second kappa shape index (κ2) is 7.80. The summed E-state index contributed by atoms with van der Waals surface area (Å²) in [5.74, 6) is 0.603. The molecule has 0 unspecified atom stereocenters. The first-order chi connectivity index (χ1) is 13.1. The lowest BCUT2D eigenvalue weighted by molar-refractivity contribution is -0.119. The first-order valence-electron chi connectivity index (χ1n) is 8.86. The van der Waals surface area contributed by atoms with Crippen molar-refractivity contribution in [1.29, 1.82) is 0 Å². The Hall–Kier alpha value is -2.22. The lowest BCUT2D eigenvalue weighted by atomic mass is 10.1. The Morgan fingerprint density at radius 2 is 2.00 bits per heavy atom. The monoisotopic (exact) mass is 401 g/mol. The molecule has 2 aromatic heterocycles. The molecule has 0 saturated carbocycles. The molecule has 0 atom stereocenters. The third-order valence-corrected chi connectivity index (χ3v) is 6.18. The topological polar surface area (TPSA) is 84.1 Å². The zero-order chi connectivity index (χ0) is 18.8. The summed E-state index contributed by atoms with van der Waals surface area (Å²) >= 11 is 7.67. The van der Waals surface area contributed by atoms with Crippen LogP contribution in [-0.4, -0.2) is 46.5 Å². The quantitative estimate of drug-likeness (QED) is 0.684. The molecule has 1 saturated heterocycles. The number of piperidine rings is 1. The zero-order valence-electron chi connectivity index (χ0n) is 14.7. The summed E-state index contributed by atoms with van der Waals surface area (Å²) < 4.78 is 1.06. The first kappa shape index (κ1) is 18.2. The molecule has 1 fully saturated rings. The van der Waals surface area contributed by atoms with Crippen LogP contribution in [0.5, 0.6) is 0 Å². The van der Waals surface area contributed by atoms with Crippen molar-refractivity contribution in [3.8, 4) is 10.4 Å². The summed E-state index contributed by atoms with van der Waals surface area (Å²) in [6.07, 6.45) is 3.51. The fourth-order valence-corrected chi connectivity index (χ4v) is 4.56. The maximum absolute atomic E-state index is 11.1. The Kier molecular flexibility index (Phi) is 5.24. The van der Waals surface area contributed by atoms with Crippen molar-refractivity contribution in [2.45, 2.75) is 18.9 Å². The van der Waals surface area contributed by atoms with Gasteiger partial charge in [0, 0.05) is 29.0 Å². The fraction of sp³-hybridized carbons (Fsp3) is 0.316. The average molecular weight is 402 g/mol. The van der Waals surface area contributed by atoms with Gasteiger partial charge in [0.05, 0.1) is 16.8 Å². The van der Waals surface area contributed by atoms with Gasteiger partial charge in [0.25, 0.3) is 0 Å². The maximum Gasteiger partial charge on any atom is 0.231 e. The largest absolute Gasteiger partial charge is 0.369 e. The summed E-state index contributed by atoms with van der Waals surface area (Å²) in [6, 6.07) is 10.2. The molecule has 0 spiro atoms. The number of nitrogens with zero attached hydrogens (tertiary/aromatic N) is 3. The number of nitrogens with one attached hydrogen (secondary N) is 1. The number of thiophene rings is 1. The van der Waals surface area contributed by atoms with E-state index in [1.165, 1.54) is 0 Å². The van der Waals surface area contributed by atoms with Gasteiger partial charge in [-0.2, -0.15) is 0 Å². The van der Waals surface area contributed by atoms with Crippen LogP contribution in [0, 0.1) is 0 Å². The number of anilines is 1. The van der Waals surface area contributed by atoms with Gasteiger partial charge in [0.15, 0.2) is 0 Å². The Morgan fingerprint density at radius 3 is 2.70 bits per heavy atom. The van der Waals surface area contributed by atoms with Gasteiger partial charge in [-0.3, -0.25) is 9.69 Å². The van der Waals surface area contributed by atoms with E-state index < -0.39 is 0 Å². The van der Waals surface area contributed by atoms with Gasteiger partial charge in [-0.25, -0.2) is 9.97 Å². The second-order valence-electron chi connectivity index (χ2n) is 6.72. The van der Waals surface area contributed by atoms with E-state index >= 15 is 0 Å². The predicted molar refractivity (Wildman–Crippen MR) is 110 cm³/mol. The van der Waals surface area contributed by atoms with E-state index in [1.807, 2.05) is 24.3 Å². The minimum atomic E-state index is -0.271. The number of aromatic nitrogens is 2. The SMILES string of the molecule is NC(=O)CN1CCC(Nc2ncnc3cc(-c4ccc(Cl)cc4)sc23)CC1. The number of hydrogen-bond acceptors (Lipinski definition) is 6. The molecule has 0 aliphatic carbocycles.